The summed E-state index contributed by atoms with van der Waals surface area (Å²) in [7, 11) is 0. The Balaban J connectivity index is 2.09. The molecule has 1 aromatic heterocycles. The molecule has 4 nitrogen and oxygen atoms in total. The molecule has 0 aliphatic heterocycles. The van der Waals surface area contributed by atoms with Crippen LogP contribution in [0.4, 0.5) is 5.13 Å². The third-order valence-electron chi connectivity index (χ3n) is 2.41. The highest BCUT2D eigenvalue weighted by molar-refractivity contribution is 7.15. The minimum atomic E-state index is 0.148. The number of nitrogens with one attached hydrogen (secondary N) is 1. The Kier molecular flexibility index (Phi) is 3.35. The second kappa shape index (κ2) is 4.93. The smallest absolute Gasteiger partial charge is 0.206 e. The van der Waals surface area contributed by atoms with Gasteiger partial charge in [0, 0.05) is 0 Å². The van der Waals surface area contributed by atoms with Crippen molar-refractivity contribution in [2.45, 2.75) is 19.9 Å². The predicted octanol–water partition coefficient (Wildman–Crippen LogP) is 2.89. The van der Waals surface area contributed by atoms with E-state index < -0.39 is 0 Å². The molecular formula is C12H12N4S. The Hall–Kier alpha value is -1.93. The molecule has 1 heterocycles. The average molecular weight is 244 g/mol. The quantitative estimate of drug-likeness (QED) is 0.901. The summed E-state index contributed by atoms with van der Waals surface area (Å²) in [5.41, 5.74) is 1.80. The molecule has 0 saturated carbocycles. The van der Waals surface area contributed by atoms with Gasteiger partial charge in [-0.2, -0.15) is 5.26 Å². The molecule has 0 spiro atoms. The minimum absolute atomic E-state index is 0.148. The molecule has 17 heavy (non-hydrogen) atoms. The number of aryl methyl sites for hydroxylation is 1. The van der Waals surface area contributed by atoms with Crippen LogP contribution in [0.1, 0.15) is 29.1 Å². The predicted molar refractivity (Wildman–Crippen MR) is 67.8 cm³/mol. The lowest BCUT2D eigenvalue weighted by atomic mass is 10.1. The highest BCUT2D eigenvalue weighted by atomic mass is 32.1. The molecule has 2 rings (SSSR count). The van der Waals surface area contributed by atoms with Crippen molar-refractivity contribution in [2.24, 2.45) is 0 Å². The zero-order chi connectivity index (χ0) is 12.3. The monoisotopic (exact) mass is 244 g/mol. The maximum atomic E-state index is 8.72. The van der Waals surface area contributed by atoms with Gasteiger partial charge in [-0.15, -0.1) is 10.2 Å². The third-order valence-corrected chi connectivity index (χ3v) is 3.18. The van der Waals surface area contributed by atoms with E-state index in [-0.39, 0.29) is 6.04 Å². The van der Waals surface area contributed by atoms with Crippen LogP contribution in [-0.4, -0.2) is 10.2 Å². The van der Waals surface area contributed by atoms with E-state index in [1.165, 1.54) is 11.3 Å². The van der Waals surface area contributed by atoms with Crippen LogP contribution < -0.4 is 5.32 Å². The van der Waals surface area contributed by atoms with Crippen molar-refractivity contribution in [3.05, 3.63) is 40.4 Å². The van der Waals surface area contributed by atoms with Crippen molar-refractivity contribution in [1.29, 1.82) is 5.26 Å². The SMILES string of the molecule is Cc1nnc(NC(C)c2ccc(C#N)cc2)s1. The Morgan fingerprint density at radius 2 is 2.00 bits per heavy atom. The van der Waals surface area contributed by atoms with Gasteiger partial charge < -0.3 is 5.32 Å². The molecule has 1 atom stereocenters. The fraction of sp³-hybridized carbons (Fsp3) is 0.250. The van der Waals surface area contributed by atoms with E-state index >= 15 is 0 Å². The van der Waals surface area contributed by atoms with Gasteiger partial charge in [-0.1, -0.05) is 23.5 Å². The number of nitrogens with zero attached hydrogens (tertiary/aromatic N) is 3. The molecule has 1 N–H and O–H groups in total. The van der Waals surface area contributed by atoms with E-state index in [4.69, 9.17) is 5.26 Å². The first-order chi connectivity index (χ1) is 8.19. The van der Waals surface area contributed by atoms with E-state index in [0.717, 1.165) is 15.7 Å². The molecule has 1 unspecified atom stereocenters. The fourth-order valence-corrected chi connectivity index (χ4v) is 2.15. The van der Waals surface area contributed by atoms with Gasteiger partial charge >= 0.3 is 0 Å². The van der Waals surface area contributed by atoms with Crippen LogP contribution in [0, 0.1) is 18.3 Å². The molecule has 0 radical (unpaired) electrons. The number of hydrogen-bond acceptors (Lipinski definition) is 5. The van der Waals surface area contributed by atoms with Crippen LogP contribution in [0.2, 0.25) is 0 Å². The summed E-state index contributed by atoms with van der Waals surface area (Å²) in [4.78, 5) is 0. The van der Waals surface area contributed by atoms with Gasteiger partial charge in [-0.3, -0.25) is 0 Å². The zero-order valence-corrected chi connectivity index (χ0v) is 10.5. The molecule has 5 heteroatoms. The Bertz CT molecular complexity index is 538. The number of anilines is 1. The number of benzene rings is 1. The second-order valence-electron chi connectivity index (χ2n) is 3.73. The van der Waals surface area contributed by atoms with Crippen LogP contribution in [0.25, 0.3) is 0 Å². The normalized spacial score (nSPS) is 11.8. The first-order valence-corrected chi connectivity index (χ1v) is 6.07. The maximum Gasteiger partial charge on any atom is 0.206 e. The van der Waals surface area contributed by atoms with Gasteiger partial charge in [0.05, 0.1) is 17.7 Å². The van der Waals surface area contributed by atoms with Crippen LogP contribution >= 0.6 is 11.3 Å². The highest BCUT2D eigenvalue weighted by Gasteiger charge is 2.07. The van der Waals surface area contributed by atoms with E-state index in [1.54, 1.807) is 0 Å². The molecule has 2 aromatic rings. The summed E-state index contributed by atoms with van der Waals surface area (Å²) in [5.74, 6) is 0. The number of hydrogen-bond donors (Lipinski definition) is 1. The maximum absolute atomic E-state index is 8.72. The van der Waals surface area contributed by atoms with Gasteiger partial charge in [0.2, 0.25) is 5.13 Å². The van der Waals surface area contributed by atoms with Crippen molar-refractivity contribution in [3.63, 3.8) is 0 Å². The summed E-state index contributed by atoms with van der Waals surface area (Å²) >= 11 is 1.53. The fourth-order valence-electron chi connectivity index (χ4n) is 1.47. The van der Waals surface area contributed by atoms with Crippen LogP contribution in [0.15, 0.2) is 24.3 Å². The van der Waals surface area contributed by atoms with Crippen LogP contribution in [0.3, 0.4) is 0 Å². The van der Waals surface area contributed by atoms with Crippen molar-refractivity contribution in [2.75, 3.05) is 5.32 Å². The molecule has 0 bridgehead atoms. The summed E-state index contributed by atoms with van der Waals surface area (Å²) in [6, 6.07) is 9.79. The summed E-state index contributed by atoms with van der Waals surface area (Å²) in [6.45, 7) is 3.98. The number of rotatable bonds is 3. The largest absolute Gasteiger partial charge is 0.354 e. The third kappa shape index (κ3) is 2.80. The second-order valence-corrected chi connectivity index (χ2v) is 4.91. The standard InChI is InChI=1S/C12H12N4S/c1-8(14-12-16-15-9(2)17-12)11-5-3-10(7-13)4-6-11/h3-6,8H,1-2H3,(H,14,16). The lowest BCUT2D eigenvalue weighted by Crippen LogP contribution is -2.06. The van der Waals surface area contributed by atoms with Crippen molar-refractivity contribution in [3.8, 4) is 6.07 Å². The topological polar surface area (TPSA) is 61.6 Å². The van der Waals surface area contributed by atoms with Crippen LogP contribution in [0.5, 0.6) is 0 Å². The number of nitriles is 1. The number of aromatic nitrogens is 2. The molecular weight excluding hydrogens is 232 g/mol. The molecule has 0 aliphatic carbocycles. The summed E-state index contributed by atoms with van der Waals surface area (Å²) < 4.78 is 0. The van der Waals surface area contributed by atoms with E-state index in [1.807, 2.05) is 31.2 Å². The Labute approximate surface area is 104 Å². The van der Waals surface area contributed by atoms with Crippen molar-refractivity contribution in [1.82, 2.24) is 10.2 Å². The first kappa shape index (κ1) is 11.6. The molecule has 86 valence electrons. The zero-order valence-electron chi connectivity index (χ0n) is 9.64. The lowest BCUT2D eigenvalue weighted by molar-refractivity contribution is 0.872. The lowest BCUT2D eigenvalue weighted by Gasteiger charge is -2.12. The Morgan fingerprint density at radius 1 is 1.29 bits per heavy atom. The molecule has 0 amide bonds. The van der Waals surface area contributed by atoms with E-state index in [0.29, 0.717) is 5.56 Å². The van der Waals surface area contributed by atoms with Crippen molar-refractivity contribution < 1.29 is 0 Å². The van der Waals surface area contributed by atoms with Gasteiger partial charge in [0.15, 0.2) is 0 Å². The molecule has 0 fully saturated rings. The molecule has 1 aromatic carbocycles. The molecule has 0 aliphatic rings. The van der Waals surface area contributed by atoms with E-state index in [2.05, 4.69) is 28.5 Å². The van der Waals surface area contributed by atoms with Gasteiger partial charge in [-0.25, -0.2) is 0 Å². The summed E-state index contributed by atoms with van der Waals surface area (Å²) in [5, 5.41) is 21.7. The summed E-state index contributed by atoms with van der Waals surface area (Å²) in [6.07, 6.45) is 0. The van der Waals surface area contributed by atoms with E-state index in [9.17, 15) is 0 Å². The minimum Gasteiger partial charge on any atom is -0.354 e. The molecule has 0 saturated heterocycles. The van der Waals surface area contributed by atoms with Crippen molar-refractivity contribution >= 4 is 16.5 Å². The van der Waals surface area contributed by atoms with Crippen LogP contribution in [-0.2, 0) is 0 Å². The van der Waals surface area contributed by atoms with Gasteiger partial charge in [0.25, 0.3) is 0 Å². The average Bonchev–Trinajstić information content (AvgIpc) is 2.75. The van der Waals surface area contributed by atoms with Gasteiger partial charge in [0.1, 0.15) is 5.01 Å². The first-order valence-electron chi connectivity index (χ1n) is 5.26. The highest BCUT2D eigenvalue weighted by Crippen LogP contribution is 2.21. The van der Waals surface area contributed by atoms with Gasteiger partial charge in [-0.05, 0) is 31.5 Å². The Morgan fingerprint density at radius 3 is 2.53 bits per heavy atom.